The monoisotopic (exact) mass is 151 g/mol. The second-order valence-corrected chi connectivity index (χ2v) is 3.44. The molecule has 1 aromatic heterocycles. The van der Waals surface area contributed by atoms with Crippen molar-refractivity contribution in [2.24, 2.45) is 0 Å². The lowest BCUT2D eigenvalue weighted by Gasteiger charge is -2.21. The minimum atomic E-state index is 0.226. The molecule has 0 aromatic carbocycles. The molecule has 3 heteroatoms. The summed E-state index contributed by atoms with van der Waals surface area (Å²) in [6.45, 7) is 4.42. The highest BCUT2D eigenvalue weighted by atomic mass is 15.6. The van der Waals surface area contributed by atoms with Crippen molar-refractivity contribution in [1.82, 2.24) is 9.89 Å². The van der Waals surface area contributed by atoms with Crippen LogP contribution in [0.5, 0.6) is 0 Å². The molecule has 0 bridgehead atoms. The van der Waals surface area contributed by atoms with Gasteiger partial charge in [0.15, 0.2) is 0 Å². The third-order valence-electron chi connectivity index (χ3n) is 2.45. The molecule has 2 heterocycles. The Hall–Kier alpha value is -0.990. The molecular weight excluding hydrogens is 138 g/mol. The molecule has 1 aliphatic heterocycles. The third kappa shape index (κ3) is 0.914. The van der Waals surface area contributed by atoms with Crippen LogP contribution in [-0.2, 0) is 6.42 Å². The predicted molar refractivity (Wildman–Crippen MR) is 44.0 cm³/mol. The van der Waals surface area contributed by atoms with Crippen LogP contribution in [0.15, 0.2) is 12.3 Å². The number of aromatic nitrogens is 2. The SMILES string of the molecule is CCC1(C)Cc2ccnn2N1. The summed E-state index contributed by atoms with van der Waals surface area (Å²) in [5, 5.41) is 4.15. The van der Waals surface area contributed by atoms with Gasteiger partial charge >= 0.3 is 0 Å². The Labute approximate surface area is 66.4 Å². The van der Waals surface area contributed by atoms with E-state index in [-0.39, 0.29) is 5.54 Å². The van der Waals surface area contributed by atoms with E-state index in [1.807, 2.05) is 11.0 Å². The van der Waals surface area contributed by atoms with Crippen LogP contribution in [0.3, 0.4) is 0 Å². The van der Waals surface area contributed by atoms with Gasteiger partial charge in [0.25, 0.3) is 0 Å². The van der Waals surface area contributed by atoms with E-state index in [1.165, 1.54) is 5.69 Å². The van der Waals surface area contributed by atoms with Crippen molar-refractivity contribution in [1.29, 1.82) is 0 Å². The van der Waals surface area contributed by atoms with Crippen LogP contribution in [0.4, 0.5) is 0 Å². The fourth-order valence-electron chi connectivity index (χ4n) is 1.46. The summed E-state index contributed by atoms with van der Waals surface area (Å²) < 4.78 is 0. The Kier molecular flexibility index (Phi) is 1.22. The Morgan fingerprint density at radius 2 is 2.64 bits per heavy atom. The maximum atomic E-state index is 4.15. The van der Waals surface area contributed by atoms with E-state index in [9.17, 15) is 0 Å². The molecule has 1 N–H and O–H groups in total. The van der Waals surface area contributed by atoms with Gasteiger partial charge in [-0.05, 0) is 19.4 Å². The first kappa shape index (κ1) is 6.70. The molecule has 60 valence electrons. The van der Waals surface area contributed by atoms with Crippen molar-refractivity contribution in [3.63, 3.8) is 0 Å². The zero-order valence-corrected chi connectivity index (χ0v) is 6.96. The molecule has 0 saturated carbocycles. The van der Waals surface area contributed by atoms with Crippen molar-refractivity contribution in [2.75, 3.05) is 5.43 Å². The molecular formula is C8H13N3. The largest absolute Gasteiger partial charge is 0.304 e. The van der Waals surface area contributed by atoms with Gasteiger partial charge in [0.1, 0.15) is 0 Å². The zero-order valence-electron chi connectivity index (χ0n) is 6.96. The smallest absolute Gasteiger partial charge is 0.0643 e. The molecule has 1 aliphatic rings. The lowest BCUT2D eigenvalue weighted by molar-refractivity contribution is 0.487. The summed E-state index contributed by atoms with van der Waals surface area (Å²) >= 11 is 0. The number of nitrogens with one attached hydrogen (secondary N) is 1. The number of hydrogen-bond acceptors (Lipinski definition) is 2. The lowest BCUT2D eigenvalue weighted by atomic mass is 9.95. The molecule has 0 fully saturated rings. The minimum absolute atomic E-state index is 0.226. The summed E-state index contributed by atoms with van der Waals surface area (Å²) in [6, 6.07) is 2.06. The van der Waals surface area contributed by atoms with Gasteiger partial charge in [0, 0.05) is 6.42 Å². The van der Waals surface area contributed by atoms with Crippen molar-refractivity contribution in [3.8, 4) is 0 Å². The summed E-state index contributed by atoms with van der Waals surface area (Å²) in [4.78, 5) is 1.88. The maximum absolute atomic E-state index is 4.15. The van der Waals surface area contributed by atoms with Gasteiger partial charge in [-0.1, -0.05) is 6.92 Å². The highest BCUT2D eigenvalue weighted by Crippen LogP contribution is 2.23. The first-order valence-electron chi connectivity index (χ1n) is 4.05. The second-order valence-electron chi connectivity index (χ2n) is 3.44. The Balaban J connectivity index is 2.28. The summed E-state index contributed by atoms with van der Waals surface area (Å²) in [5.74, 6) is 0. The summed E-state index contributed by atoms with van der Waals surface area (Å²) in [6.07, 6.45) is 4.05. The summed E-state index contributed by atoms with van der Waals surface area (Å²) in [5.41, 5.74) is 4.86. The highest BCUT2D eigenvalue weighted by Gasteiger charge is 2.30. The van der Waals surface area contributed by atoms with E-state index in [4.69, 9.17) is 0 Å². The van der Waals surface area contributed by atoms with E-state index in [2.05, 4.69) is 30.4 Å². The summed E-state index contributed by atoms with van der Waals surface area (Å²) in [7, 11) is 0. The van der Waals surface area contributed by atoms with E-state index in [0.717, 1.165) is 12.8 Å². The normalized spacial score (nSPS) is 28.2. The van der Waals surface area contributed by atoms with Crippen LogP contribution in [0.25, 0.3) is 0 Å². The molecule has 0 amide bonds. The molecule has 0 saturated heterocycles. The molecule has 0 radical (unpaired) electrons. The highest BCUT2D eigenvalue weighted by molar-refractivity contribution is 5.17. The van der Waals surface area contributed by atoms with Gasteiger partial charge < -0.3 is 5.43 Å². The molecule has 3 nitrogen and oxygen atoms in total. The van der Waals surface area contributed by atoms with E-state index in [0.29, 0.717) is 0 Å². The van der Waals surface area contributed by atoms with Gasteiger partial charge in [-0.3, -0.25) is 0 Å². The van der Waals surface area contributed by atoms with Crippen LogP contribution in [0, 0.1) is 0 Å². The van der Waals surface area contributed by atoms with Gasteiger partial charge in [-0.2, -0.15) is 9.89 Å². The Bertz CT molecular complexity index is 244. The van der Waals surface area contributed by atoms with Crippen LogP contribution < -0.4 is 5.43 Å². The van der Waals surface area contributed by atoms with Crippen molar-refractivity contribution in [3.05, 3.63) is 18.0 Å². The fraction of sp³-hybridized carbons (Fsp3) is 0.625. The Morgan fingerprint density at radius 1 is 1.82 bits per heavy atom. The first-order valence-corrected chi connectivity index (χ1v) is 4.05. The van der Waals surface area contributed by atoms with Gasteiger partial charge in [-0.15, -0.1) is 0 Å². The predicted octanol–water partition coefficient (Wildman–Crippen LogP) is 1.15. The van der Waals surface area contributed by atoms with Crippen molar-refractivity contribution < 1.29 is 0 Å². The average Bonchev–Trinajstić information content (AvgIpc) is 2.46. The quantitative estimate of drug-likeness (QED) is 0.652. The molecule has 0 aliphatic carbocycles. The minimum Gasteiger partial charge on any atom is -0.304 e. The topological polar surface area (TPSA) is 29.9 Å². The standard InChI is InChI=1S/C8H13N3/c1-3-8(2)6-7-4-5-9-11(7)10-8/h4-5,10H,3,6H2,1-2H3. The molecule has 11 heavy (non-hydrogen) atoms. The lowest BCUT2D eigenvalue weighted by Crippen LogP contribution is -2.34. The number of fused-ring (bicyclic) bond motifs is 1. The van der Waals surface area contributed by atoms with E-state index < -0.39 is 0 Å². The van der Waals surface area contributed by atoms with Crippen molar-refractivity contribution >= 4 is 0 Å². The third-order valence-corrected chi connectivity index (χ3v) is 2.45. The van der Waals surface area contributed by atoms with Crippen molar-refractivity contribution in [2.45, 2.75) is 32.2 Å². The van der Waals surface area contributed by atoms with Crippen LogP contribution in [0.1, 0.15) is 26.0 Å². The van der Waals surface area contributed by atoms with Crippen LogP contribution in [0.2, 0.25) is 0 Å². The second kappa shape index (κ2) is 2.00. The molecule has 1 atom stereocenters. The van der Waals surface area contributed by atoms with E-state index in [1.54, 1.807) is 0 Å². The Morgan fingerprint density at radius 3 is 3.27 bits per heavy atom. The molecule has 0 spiro atoms. The molecule has 1 unspecified atom stereocenters. The van der Waals surface area contributed by atoms with Gasteiger partial charge in [0.2, 0.25) is 0 Å². The molecule has 1 aromatic rings. The zero-order chi connectivity index (χ0) is 7.90. The fourth-order valence-corrected chi connectivity index (χ4v) is 1.46. The van der Waals surface area contributed by atoms with Crippen LogP contribution in [-0.4, -0.2) is 15.4 Å². The number of nitrogens with zero attached hydrogens (tertiary/aromatic N) is 2. The van der Waals surface area contributed by atoms with Gasteiger partial charge in [-0.25, -0.2) is 0 Å². The number of rotatable bonds is 1. The van der Waals surface area contributed by atoms with Gasteiger partial charge in [0.05, 0.1) is 17.4 Å². The average molecular weight is 151 g/mol. The van der Waals surface area contributed by atoms with Crippen LogP contribution >= 0.6 is 0 Å². The molecule has 2 rings (SSSR count). The number of hydrogen-bond donors (Lipinski definition) is 1. The maximum Gasteiger partial charge on any atom is 0.0643 e. The first-order chi connectivity index (χ1) is 5.23. The van der Waals surface area contributed by atoms with E-state index >= 15 is 0 Å².